The van der Waals surface area contributed by atoms with E-state index in [9.17, 15) is 5.11 Å². The molecule has 3 nitrogen and oxygen atoms in total. The third-order valence-corrected chi connectivity index (χ3v) is 3.83. The van der Waals surface area contributed by atoms with Crippen LogP contribution in [0.2, 0.25) is 0 Å². The average molecular weight is 402 g/mol. The summed E-state index contributed by atoms with van der Waals surface area (Å²) in [7, 11) is 1.58. The number of halogens is 2. The Labute approximate surface area is 134 Å². The number of rotatable bonds is 5. The van der Waals surface area contributed by atoms with Gasteiger partial charge in [0.25, 0.3) is 0 Å². The lowest BCUT2D eigenvalue weighted by Crippen LogP contribution is -1.99. The number of aliphatic hydroxyl groups excluding tert-OH is 1. The molecule has 0 unspecified atom stereocenters. The van der Waals surface area contributed by atoms with Crippen LogP contribution in [-0.4, -0.2) is 12.2 Å². The Bertz CT molecular complexity index is 600. The molecule has 0 spiro atoms. The van der Waals surface area contributed by atoms with Gasteiger partial charge in [0.1, 0.15) is 6.61 Å². The molecule has 2 aromatic rings. The van der Waals surface area contributed by atoms with E-state index in [2.05, 4.69) is 31.9 Å². The molecule has 0 bridgehead atoms. The predicted octanol–water partition coefficient (Wildman–Crippen LogP) is 4.29. The minimum atomic E-state index is -0.0408. The maximum atomic E-state index is 9.19. The molecule has 0 atom stereocenters. The van der Waals surface area contributed by atoms with E-state index in [0.29, 0.717) is 18.1 Å². The number of methoxy groups -OCH3 is 1. The van der Waals surface area contributed by atoms with Crippen molar-refractivity contribution in [3.05, 3.63) is 56.5 Å². The molecule has 0 heterocycles. The molecule has 0 amide bonds. The number of hydrogen-bond donors (Lipinski definition) is 1. The summed E-state index contributed by atoms with van der Waals surface area (Å²) in [6, 6.07) is 11.5. The highest BCUT2D eigenvalue weighted by Gasteiger charge is 2.11. The van der Waals surface area contributed by atoms with E-state index in [1.165, 1.54) is 0 Å². The summed E-state index contributed by atoms with van der Waals surface area (Å²) in [6.07, 6.45) is 0. The molecule has 2 aromatic carbocycles. The SMILES string of the molecule is COc1cc(CO)cc(Br)c1OCc1cccc(Br)c1. The summed E-state index contributed by atoms with van der Waals surface area (Å²) in [6.45, 7) is 0.397. The van der Waals surface area contributed by atoms with E-state index in [4.69, 9.17) is 9.47 Å². The maximum absolute atomic E-state index is 9.19. The quantitative estimate of drug-likeness (QED) is 0.811. The lowest BCUT2D eigenvalue weighted by molar-refractivity contribution is 0.273. The number of ether oxygens (including phenoxy) is 2. The van der Waals surface area contributed by atoms with Crippen LogP contribution in [0.5, 0.6) is 11.5 Å². The van der Waals surface area contributed by atoms with Gasteiger partial charge in [-0.15, -0.1) is 0 Å². The second-order valence-corrected chi connectivity index (χ2v) is 5.96. The van der Waals surface area contributed by atoms with Gasteiger partial charge in [0.15, 0.2) is 11.5 Å². The summed E-state index contributed by atoms with van der Waals surface area (Å²) in [5, 5.41) is 9.19. The Morgan fingerprint density at radius 2 is 1.90 bits per heavy atom. The first kappa shape index (κ1) is 15.4. The van der Waals surface area contributed by atoms with Crippen molar-refractivity contribution in [3.63, 3.8) is 0 Å². The first-order valence-electron chi connectivity index (χ1n) is 5.98. The fourth-order valence-electron chi connectivity index (χ4n) is 1.79. The van der Waals surface area contributed by atoms with Crippen LogP contribution in [-0.2, 0) is 13.2 Å². The molecule has 20 heavy (non-hydrogen) atoms. The number of benzene rings is 2. The Kier molecular flexibility index (Phi) is 5.46. The van der Waals surface area contributed by atoms with Crippen molar-refractivity contribution in [2.45, 2.75) is 13.2 Å². The predicted molar refractivity (Wildman–Crippen MR) is 85.1 cm³/mol. The molecule has 2 rings (SSSR count). The molecular weight excluding hydrogens is 388 g/mol. The molecule has 0 aliphatic carbocycles. The second-order valence-electron chi connectivity index (χ2n) is 4.19. The Morgan fingerprint density at radius 3 is 2.55 bits per heavy atom. The Balaban J connectivity index is 2.20. The molecule has 0 saturated heterocycles. The van der Waals surface area contributed by atoms with Crippen LogP contribution in [0.15, 0.2) is 45.3 Å². The second kappa shape index (κ2) is 7.11. The molecule has 0 radical (unpaired) electrons. The largest absolute Gasteiger partial charge is 0.493 e. The summed E-state index contributed by atoms with van der Waals surface area (Å²) in [5.74, 6) is 1.23. The van der Waals surface area contributed by atoms with Gasteiger partial charge in [-0.2, -0.15) is 0 Å². The van der Waals surface area contributed by atoms with Crippen molar-refractivity contribution in [2.75, 3.05) is 7.11 Å². The number of aliphatic hydroxyl groups is 1. The normalized spacial score (nSPS) is 10.4. The van der Waals surface area contributed by atoms with Gasteiger partial charge in [-0.1, -0.05) is 28.1 Å². The van der Waals surface area contributed by atoms with Crippen LogP contribution < -0.4 is 9.47 Å². The van der Waals surface area contributed by atoms with Crippen LogP contribution in [0.1, 0.15) is 11.1 Å². The molecule has 0 saturated carbocycles. The van der Waals surface area contributed by atoms with Crippen molar-refractivity contribution < 1.29 is 14.6 Å². The monoisotopic (exact) mass is 400 g/mol. The van der Waals surface area contributed by atoms with E-state index in [-0.39, 0.29) is 6.61 Å². The van der Waals surface area contributed by atoms with Crippen LogP contribution in [0, 0.1) is 0 Å². The van der Waals surface area contributed by atoms with Crippen molar-refractivity contribution in [3.8, 4) is 11.5 Å². The molecular formula is C15H14Br2O3. The summed E-state index contributed by atoms with van der Waals surface area (Å²) in [4.78, 5) is 0. The van der Waals surface area contributed by atoms with Gasteiger partial charge in [0.2, 0.25) is 0 Å². The Morgan fingerprint density at radius 1 is 1.10 bits per heavy atom. The van der Waals surface area contributed by atoms with Gasteiger partial charge in [-0.25, -0.2) is 0 Å². The smallest absolute Gasteiger partial charge is 0.175 e. The lowest BCUT2D eigenvalue weighted by atomic mass is 10.2. The highest BCUT2D eigenvalue weighted by Crippen LogP contribution is 2.37. The van der Waals surface area contributed by atoms with Crippen LogP contribution in [0.4, 0.5) is 0 Å². The van der Waals surface area contributed by atoms with E-state index < -0.39 is 0 Å². The van der Waals surface area contributed by atoms with Gasteiger partial charge in [-0.05, 0) is 51.3 Å². The fraction of sp³-hybridized carbons (Fsp3) is 0.200. The highest BCUT2D eigenvalue weighted by molar-refractivity contribution is 9.10. The highest BCUT2D eigenvalue weighted by atomic mass is 79.9. The van der Waals surface area contributed by atoms with E-state index in [1.54, 1.807) is 13.2 Å². The zero-order valence-corrected chi connectivity index (χ0v) is 14.1. The average Bonchev–Trinajstić information content (AvgIpc) is 2.45. The third kappa shape index (κ3) is 3.75. The molecule has 0 fully saturated rings. The number of hydrogen-bond acceptors (Lipinski definition) is 3. The molecule has 0 aliphatic heterocycles. The van der Waals surface area contributed by atoms with Gasteiger partial charge in [0, 0.05) is 4.47 Å². The van der Waals surface area contributed by atoms with Crippen LogP contribution in [0.3, 0.4) is 0 Å². The third-order valence-electron chi connectivity index (χ3n) is 2.74. The lowest BCUT2D eigenvalue weighted by Gasteiger charge is -2.14. The van der Waals surface area contributed by atoms with Crippen molar-refractivity contribution in [2.24, 2.45) is 0 Å². The first-order valence-corrected chi connectivity index (χ1v) is 7.57. The first-order chi connectivity index (χ1) is 9.63. The van der Waals surface area contributed by atoms with E-state index >= 15 is 0 Å². The van der Waals surface area contributed by atoms with Crippen molar-refractivity contribution >= 4 is 31.9 Å². The zero-order chi connectivity index (χ0) is 14.5. The minimum absolute atomic E-state index is 0.0408. The van der Waals surface area contributed by atoms with E-state index in [0.717, 1.165) is 20.1 Å². The van der Waals surface area contributed by atoms with Crippen molar-refractivity contribution in [1.82, 2.24) is 0 Å². The minimum Gasteiger partial charge on any atom is -0.493 e. The fourth-order valence-corrected chi connectivity index (χ4v) is 2.84. The van der Waals surface area contributed by atoms with Crippen molar-refractivity contribution in [1.29, 1.82) is 0 Å². The van der Waals surface area contributed by atoms with Gasteiger partial charge < -0.3 is 14.6 Å². The van der Waals surface area contributed by atoms with Gasteiger partial charge >= 0.3 is 0 Å². The standard InChI is InChI=1S/C15H14Br2O3/c1-19-14-7-11(8-18)6-13(17)15(14)20-9-10-3-2-4-12(16)5-10/h2-7,18H,8-9H2,1H3. The molecule has 5 heteroatoms. The molecule has 106 valence electrons. The molecule has 0 aliphatic rings. The van der Waals surface area contributed by atoms with Gasteiger partial charge in [0.05, 0.1) is 18.2 Å². The summed E-state index contributed by atoms with van der Waals surface area (Å²) < 4.78 is 12.9. The van der Waals surface area contributed by atoms with Gasteiger partial charge in [-0.3, -0.25) is 0 Å². The maximum Gasteiger partial charge on any atom is 0.175 e. The topological polar surface area (TPSA) is 38.7 Å². The summed E-state index contributed by atoms with van der Waals surface area (Å²) in [5.41, 5.74) is 1.82. The molecule has 1 N–H and O–H groups in total. The van der Waals surface area contributed by atoms with Crippen LogP contribution in [0.25, 0.3) is 0 Å². The summed E-state index contributed by atoms with van der Waals surface area (Å²) >= 11 is 6.87. The Hall–Kier alpha value is -1.04. The zero-order valence-electron chi connectivity index (χ0n) is 10.9. The van der Waals surface area contributed by atoms with Crippen LogP contribution >= 0.6 is 31.9 Å². The van der Waals surface area contributed by atoms with E-state index in [1.807, 2.05) is 30.3 Å². The molecule has 0 aromatic heterocycles.